The number of hydrogen-bond acceptors (Lipinski definition) is 4. The summed E-state index contributed by atoms with van der Waals surface area (Å²) in [5.41, 5.74) is 4.48. The second kappa shape index (κ2) is 8.63. The summed E-state index contributed by atoms with van der Waals surface area (Å²) in [4.78, 5) is 18.6. The van der Waals surface area contributed by atoms with Crippen molar-refractivity contribution in [1.29, 1.82) is 0 Å². The lowest BCUT2D eigenvalue weighted by Gasteiger charge is -2.44. The van der Waals surface area contributed by atoms with Crippen LogP contribution in [0.1, 0.15) is 65.2 Å². The Labute approximate surface area is 218 Å². The maximum atomic E-state index is 13.9. The van der Waals surface area contributed by atoms with Gasteiger partial charge in [0, 0.05) is 24.2 Å². The Kier molecular flexibility index (Phi) is 5.33. The molecule has 0 bridgehead atoms. The lowest BCUT2D eigenvalue weighted by atomic mass is 9.82. The van der Waals surface area contributed by atoms with Gasteiger partial charge in [-0.1, -0.05) is 36.4 Å². The lowest BCUT2D eigenvalue weighted by Crippen LogP contribution is -2.49. The highest BCUT2D eigenvalue weighted by Crippen LogP contribution is 2.55. The largest absolute Gasteiger partial charge is 0.508 e. The van der Waals surface area contributed by atoms with Gasteiger partial charge in [-0.2, -0.15) is 0 Å². The first-order chi connectivity index (χ1) is 18.0. The highest BCUT2D eigenvalue weighted by atomic mass is 16.5. The minimum absolute atomic E-state index is 0.0706. The zero-order valence-electron chi connectivity index (χ0n) is 21.2. The van der Waals surface area contributed by atoms with Gasteiger partial charge in [0.05, 0.1) is 6.04 Å². The van der Waals surface area contributed by atoms with Crippen LogP contribution in [0.4, 0.5) is 0 Å². The number of aromatic hydroxyl groups is 1. The Hall–Kier alpha value is -3.31. The number of rotatable bonds is 6. The molecule has 190 valence electrons. The minimum Gasteiger partial charge on any atom is -0.508 e. The van der Waals surface area contributed by atoms with Crippen molar-refractivity contribution >= 4 is 5.91 Å². The van der Waals surface area contributed by atoms with E-state index in [4.69, 9.17) is 4.74 Å². The molecule has 5 heteroatoms. The van der Waals surface area contributed by atoms with E-state index in [1.165, 1.54) is 32.4 Å². The van der Waals surface area contributed by atoms with Gasteiger partial charge in [-0.05, 0) is 104 Å². The van der Waals surface area contributed by atoms with Gasteiger partial charge in [0.25, 0.3) is 5.91 Å². The van der Waals surface area contributed by atoms with Crippen LogP contribution in [0, 0.1) is 5.41 Å². The summed E-state index contributed by atoms with van der Waals surface area (Å²) in [7, 11) is 0. The van der Waals surface area contributed by atoms with Gasteiger partial charge in [-0.25, -0.2) is 0 Å². The molecule has 0 radical (unpaired) electrons. The van der Waals surface area contributed by atoms with Gasteiger partial charge in [0.1, 0.15) is 18.1 Å². The van der Waals surface area contributed by atoms with E-state index in [2.05, 4.69) is 21.9 Å². The standard InChI is InChI=1S/C32H34N2O3/c35-26-8-11-28-25(20-26)21-32(14-15-32)34(30(36)24-4-2-1-3-5-24)29(28)23-6-9-27(10-7-23)37-19-18-33-17-16-31(22-33)12-13-31/h1-11,20,29,35H,12-19,21-22H2. The molecule has 1 N–H and O–H groups in total. The molecule has 2 aliphatic carbocycles. The number of phenolic OH excluding ortho intramolecular Hbond substituents is 1. The third-order valence-electron chi connectivity index (χ3n) is 9.12. The van der Waals surface area contributed by atoms with Crippen LogP contribution < -0.4 is 4.74 Å². The van der Waals surface area contributed by atoms with Crippen LogP contribution in [-0.2, 0) is 6.42 Å². The highest BCUT2D eigenvalue weighted by molar-refractivity contribution is 5.96. The van der Waals surface area contributed by atoms with E-state index in [1.807, 2.05) is 54.6 Å². The first kappa shape index (κ1) is 22.9. The summed E-state index contributed by atoms with van der Waals surface area (Å²) in [6.45, 7) is 4.11. The Balaban J connectivity index is 1.15. The zero-order valence-corrected chi connectivity index (χ0v) is 21.2. The number of amides is 1. The minimum atomic E-state index is -0.201. The lowest BCUT2D eigenvalue weighted by molar-refractivity contribution is 0.0541. The molecule has 3 aromatic rings. The van der Waals surface area contributed by atoms with Gasteiger partial charge in [-0.15, -0.1) is 0 Å². The van der Waals surface area contributed by atoms with E-state index in [0.717, 1.165) is 53.8 Å². The highest BCUT2D eigenvalue weighted by Gasteiger charge is 2.56. The fourth-order valence-corrected chi connectivity index (χ4v) is 6.65. The van der Waals surface area contributed by atoms with Crippen LogP contribution >= 0.6 is 0 Å². The van der Waals surface area contributed by atoms with Gasteiger partial charge < -0.3 is 14.7 Å². The smallest absolute Gasteiger partial charge is 0.255 e. The number of phenols is 1. The predicted molar refractivity (Wildman–Crippen MR) is 143 cm³/mol. The molecule has 1 amide bonds. The SMILES string of the molecule is O=C(c1ccccc1)N1C(c2ccc(OCCN3CCC4(CC4)C3)cc2)c2ccc(O)cc2CC12CC2. The molecule has 2 heterocycles. The normalized spacial score (nSPS) is 22.7. The Bertz CT molecular complexity index is 1310. The topological polar surface area (TPSA) is 53.0 Å². The molecule has 1 unspecified atom stereocenters. The summed E-state index contributed by atoms with van der Waals surface area (Å²) >= 11 is 0. The first-order valence-corrected chi connectivity index (χ1v) is 13.7. The number of likely N-dealkylation sites (tertiary alicyclic amines) is 1. The van der Waals surface area contributed by atoms with Crippen LogP contribution in [0.15, 0.2) is 72.8 Å². The molecule has 2 saturated carbocycles. The van der Waals surface area contributed by atoms with Crippen LogP contribution in [0.2, 0.25) is 0 Å². The van der Waals surface area contributed by atoms with Crippen LogP contribution in [0.5, 0.6) is 11.5 Å². The van der Waals surface area contributed by atoms with Crippen molar-refractivity contribution in [1.82, 2.24) is 9.80 Å². The molecule has 2 aliphatic heterocycles. The number of carbonyl (C=O) groups excluding carboxylic acids is 1. The summed E-state index contributed by atoms with van der Waals surface area (Å²) in [5.74, 6) is 1.22. The summed E-state index contributed by atoms with van der Waals surface area (Å²) < 4.78 is 6.13. The molecule has 7 rings (SSSR count). The monoisotopic (exact) mass is 494 g/mol. The summed E-state index contributed by atoms with van der Waals surface area (Å²) in [6.07, 6.45) is 6.90. The van der Waals surface area contributed by atoms with Crippen LogP contribution in [0.25, 0.3) is 0 Å². The molecule has 0 aromatic heterocycles. The fourth-order valence-electron chi connectivity index (χ4n) is 6.65. The molecule has 1 saturated heterocycles. The van der Waals surface area contributed by atoms with E-state index in [0.29, 0.717) is 12.0 Å². The second-order valence-corrected chi connectivity index (χ2v) is 11.7. The van der Waals surface area contributed by atoms with Crippen molar-refractivity contribution in [3.8, 4) is 11.5 Å². The number of benzene rings is 3. The second-order valence-electron chi connectivity index (χ2n) is 11.7. The third kappa shape index (κ3) is 4.19. The quantitative estimate of drug-likeness (QED) is 0.486. The molecular weight excluding hydrogens is 460 g/mol. The average molecular weight is 495 g/mol. The number of nitrogens with zero attached hydrogens (tertiary/aromatic N) is 2. The maximum absolute atomic E-state index is 13.9. The Morgan fingerprint density at radius 3 is 2.43 bits per heavy atom. The molecule has 37 heavy (non-hydrogen) atoms. The molecule has 4 aliphatic rings. The Morgan fingerprint density at radius 2 is 1.73 bits per heavy atom. The van der Waals surface area contributed by atoms with Crippen molar-refractivity contribution in [2.75, 3.05) is 26.2 Å². The first-order valence-electron chi connectivity index (χ1n) is 13.7. The zero-order chi connectivity index (χ0) is 25.0. The van der Waals surface area contributed by atoms with E-state index in [-0.39, 0.29) is 23.2 Å². The molecule has 3 aromatic carbocycles. The Morgan fingerprint density at radius 1 is 0.946 bits per heavy atom. The van der Waals surface area contributed by atoms with Gasteiger partial charge in [0.15, 0.2) is 0 Å². The van der Waals surface area contributed by atoms with Crippen LogP contribution in [-0.4, -0.2) is 52.6 Å². The van der Waals surface area contributed by atoms with Crippen molar-refractivity contribution < 1.29 is 14.6 Å². The number of fused-ring (bicyclic) bond motifs is 1. The average Bonchev–Trinajstić information content (AvgIpc) is 3.82. The van der Waals surface area contributed by atoms with E-state index < -0.39 is 0 Å². The number of ether oxygens (including phenoxy) is 1. The van der Waals surface area contributed by atoms with E-state index in [1.54, 1.807) is 6.07 Å². The summed E-state index contributed by atoms with van der Waals surface area (Å²) in [6, 6.07) is 23.3. The molecule has 2 spiro atoms. The van der Waals surface area contributed by atoms with E-state index >= 15 is 0 Å². The molecule has 5 nitrogen and oxygen atoms in total. The maximum Gasteiger partial charge on any atom is 0.255 e. The number of hydrogen-bond donors (Lipinski definition) is 1. The van der Waals surface area contributed by atoms with Crippen molar-refractivity contribution in [3.05, 3.63) is 95.1 Å². The third-order valence-corrected chi connectivity index (χ3v) is 9.12. The van der Waals surface area contributed by atoms with Crippen molar-refractivity contribution in [2.45, 2.75) is 50.1 Å². The molecule has 3 fully saturated rings. The predicted octanol–water partition coefficient (Wildman–Crippen LogP) is 5.58. The molecular formula is C32H34N2O3. The van der Waals surface area contributed by atoms with Crippen molar-refractivity contribution in [2.24, 2.45) is 5.41 Å². The van der Waals surface area contributed by atoms with Crippen LogP contribution in [0.3, 0.4) is 0 Å². The fraction of sp³-hybridized carbons (Fsp3) is 0.406. The van der Waals surface area contributed by atoms with Gasteiger partial charge in [0.2, 0.25) is 0 Å². The van der Waals surface area contributed by atoms with Gasteiger partial charge in [-0.3, -0.25) is 9.69 Å². The van der Waals surface area contributed by atoms with Crippen molar-refractivity contribution in [3.63, 3.8) is 0 Å². The summed E-state index contributed by atoms with van der Waals surface area (Å²) in [5, 5.41) is 10.2. The van der Waals surface area contributed by atoms with Gasteiger partial charge >= 0.3 is 0 Å². The number of carbonyl (C=O) groups is 1. The van der Waals surface area contributed by atoms with E-state index in [9.17, 15) is 9.90 Å². The molecule has 1 atom stereocenters.